The number of carbonyl (C=O) groups excluding carboxylic acids is 4. The number of esters is 1. The number of halogens is 2. The average Bonchev–Trinajstić information content (AvgIpc) is 3.56. The van der Waals surface area contributed by atoms with Crippen LogP contribution in [-0.4, -0.2) is 51.9 Å². The molecule has 3 amide bonds. The summed E-state index contributed by atoms with van der Waals surface area (Å²) in [6.07, 6.45) is 2.94. The van der Waals surface area contributed by atoms with Gasteiger partial charge in [0.25, 0.3) is 11.8 Å². The predicted octanol–water partition coefficient (Wildman–Crippen LogP) is 3.01. The molecule has 5 rings (SSSR count). The van der Waals surface area contributed by atoms with Gasteiger partial charge in [-0.3, -0.25) is 19.3 Å². The van der Waals surface area contributed by atoms with E-state index in [9.17, 15) is 19.2 Å². The molecule has 11 heteroatoms. The largest absolute Gasteiger partial charge is 0.452 e. The Bertz CT molecular complexity index is 1200. The molecule has 170 valence electrons. The van der Waals surface area contributed by atoms with E-state index >= 15 is 0 Å². The number of carbonyl (C=O) groups is 4. The monoisotopic (exact) mass is 488 g/mol. The Kier molecular flexibility index (Phi) is 5.25. The van der Waals surface area contributed by atoms with Gasteiger partial charge in [-0.1, -0.05) is 35.3 Å². The SMILES string of the molecule is O=C(COC(=O)[C@@]12CCC(=O)N1c1ccccc1C(=O)N2C1CC1)Nc1ncc(Cl)cc1Cl. The maximum Gasteiger partial charge on any atom is 0.354 e. The van der Waals surface area contributed by atoms with E-state index in [1.165, 1.54) is 22.1 Å². The molecule has 2 aliphatic heterocycles. The van der Waals surface area contributed by atoms with E-state index in [1.54, 1.807) is 24.3 Å². The van der Waals surface area contributed by atoms with Crippen LogP contribution >= 0.6 is 23.2 Å². The Morgan fingerprint density at radius 3 is 2.70 bits per heavy atom. The fourth-order valence-corrected chi connectivity index (χ4v) is 4.86. The second-order valence-electron chi connectivity index (χ2n) is 8.08. The van der Waals surface area contributed by atoms with Crippen molar-refractivity contribution in [3.63, 3.8) is 0 Å². The summed E-state index contributed by atoms with van der Waals surface area (Å²) in [5, 5.41) is 2.88. The van der Waals surface area contributed by atoms with Crippen molar-refractivity contribution in [1.29, 1.82) is 0 Å². The van der Waals surface area contributed by atoms with Gasteiger partial charge >= 0.3 is 5.97 Å². The Balaban J connectivity index is 1.41. The van der Waals surface area contributed by atoms with E-state index < -0.39 is 24.1 Å². The molecule has 1 N–H and O–H groups in total. The Morgan fingerprint density at radius 2 is 1.97 bits per heavy atom. The van der Waals surface area contributed by atoms with Gasteiger partial charge in [0.1, 0.15) is 0 Å². The van der Waals surface area contributed by atoms with Crippen LogP contribution in [0.3, 0.4) is 0 Å². The number of anilines is 2. The zero-order valence-corrected chi connectivity index (χ0v) is 18.7. The number of ether oxygens (including phenoxy) is 1. The molecule has 0 spiro atoms. The molecule has 0 radical (unpaired) electrons. The van der Waals surface area contributed by atoms with Crippen LogP contribution in [0, 0.1) is 0 Å². The number of amides is 3. The highest BCUT2D eigenvalue weighted by molar-refractivity contribution is 6.36. The maximum atomic E-state index is 13.5. The molecular weight excluding hydrogens is 471 g/mol. The van der Waals surface area contributed by atoms with E-state index in [1.807, 2.05) is 0 Å². The van der Waals surface area contributed by atoms with Gasteiger partial charge in [0, 0.05) is 25.1 Å². The Labute approximate surface area is 198 Å². The Morgan fingerprint density at radius 1 is 1.21 bits per heavy atom. The van der Waals surface area contributed by atoms with Crippen molar-refractivity contribution < 1.29 is 23.9 Å². The van der Waals surface area contributed by atoms with Crippen LogP contribution < -0.4 is 10.2 Å². The molecule has 1 saturated carbocycles. The summed E-state index contributed by atoms with van der Waals surface area (Å²) in [4.78, 5) is 58.9. The molecule has 9 nitrogen and oxygen atoms in total. The minimum Gasteiger partial charge on any atom is -0.452 e. The smallest absolute Gasteiger partial charge is 0.354 e. The number of aromatic nitrogens is 1. The third kappa shape index (κ3) is 3.52. The van der Waals surface area contributed by atoms with Gasteiger partial charge in [-0.05, 0) is 31.0 Å². The molecule has 0 unspecified atom stereocenters. The highest BCUT2D eigenvalue weighted by atomic mass is 35.5. The summed E-state index contributed by atoms with van der Waals surface area (Å²) >= 11 is 11.8. The van der Waals surface area contributed by atoms with E-state index in [4.69, 9.17) is 27.9 Å². The number of hydrogen-bond donors (Lipinski definition) is 1. The topological polar surface area (TPSA) is 109 Å². The summed E-state index contributed by atoms with van der Waals surface area (Å²) in [7, 11) is 0. The normalized spacial score (nSPS) is 21.5. The molecule has 3 aliphatic rings. The molecule has 1 atom stereocenters. The number of benzene rings is 1. The predicted molar refractivity (Wildman–Crippen MR) is 119 cm³/mol. The third-order valence-corrected chi connectivity index (χ3v) is 6.43. The summed E-state index contributed by atoms with van der Waals surface area (Å²) in [6, 6.07) is 7.95. The molecule has 0 bridgehead atoms. The zero-order chi connectivity index (χ0) is 23.3. The molecule has 1 aliphatic carbocycles. The van der Waals surface area contributed by atoms with E-state index in [0.717, 1.165) is 12.8 Å². The number of nitrogens with zero attached hydrogens (tertiary/aromatic N) is 3. The molecule has 1 saturated heterocycles. The van der Waals surface area contributed by atoms with Gasteiger partial charge in [-0.25, -0.2) is 9.78 Å². The number of pyridine rings is 1. The molecule has 2 aromatic rings. The van der Waals surface area contributed by atoms with Crippen molar-refractivity contribution >= 4 is 58.4 Å². The second kappa shape index (κ2) is 8.00. The summed E-state index contributed by atoms with van der Waals surface area (Å²) in [6.45, 7) is -0.641. The van der Waals surface area contributed by atoms with Gasteiger partial charge < -0.3 is 15.0 Å². The minimum absolute atomic E-state index is 0.0688. The van der Waals surface area contributed by atoms with Crippen LogP contribution in [0.15, 0.2) is 36.5 Å². The number of para-hydroxylation sites is 1. The van der Waals surface area contributed by atoms with Crippen molar-refractivity contribution in [1.82, 2.24) is 9.88 Å². The first-order chi connectivity index (χ1) is 15.8. The lowest BCUT2D eigenvalue weighted by Crippen LogP contribution is -2.69. The standard InChI is InChI=1S/C22H18Cl2N4O5/c23-12-9-15(24)19(25-10-12)26-17(29)11-33-21(32)22-8-7-18(30)28(22)16-4-2-1-3-14(16)20(31)27(22)13-5-6-13/h1-4,9-10,13H,5-8,11H2,(H,25,26,29)/t22-/m1/s1. The third-order valence-electron chi connectivity index (χ3n) is 5.94. The molecule has 1 aromatic carbocycles. The molecule has 3 heterocycles. The lowest BCUT2D eigenvalue weighted by atomic mass is 9.96. The molecule has 2 fully saturated rings. The van der Waals surface area contributed by atoms with Crippen molar-refractivity contribution in [2.24, 2.45) is 0 Å². The van der Waals surface area contributed by atoms with Crippen LogP contribution in [0.2, 0.25) is 10.0 Å². The number of nitrogens with one attached hydrogen (secondary N) is 1. The van der Waals surface area contributed by atoms with Crippen LogP contribution in [0.5, 0.6) is 0 Å². The van der Waals surface area contributed by atoms with E-state index in [2.05, 4.69) is 10.3 Å². The lowest BCUT2D eigenvalue weighted by Gasteiger charge is -2.48. The van der Waals surface area contributed by atoms with Crippen LogP contribution in [0.4, 0.5) is 11.5 Å². The highest BCUT2D eigenvalue weighted by Gasteiger charge is 2.64. The van der Waals surface area contributed by atoms with Crippen molar-refractivity contribution in [2.75, 3.05) is 16.8 Å². The fraction of sp³-hybridized carbons (Fsp3) is 0.318. The van der Waals surface area contributed by atoms with Crippen molar-refractivity contribution in [3.8, 4) is 0 Å². The van der Waals surface area contributed by atoms with Crippen LogP contribution in [0.25, 0.3) is 0 Å². The van der Waals surface area contributed by atoms with Gasteiger partial charge in [0.2, 0.25) is 11.6 Å². The number of rotatable bonds is 5. The molecule has 1 aromatic heterocycles. The lowest BCUT2D eigenvalue weighted by molar-refractivity contribution is -0.159. The van der Waals surface area contributed by atoms with Crippen molar-refractivity contribution in [2.45, 2.75) is 37.4 Å². The van der Waals surface area contributed by atoms with Gasteiger partial charge in [0.15, 0.2) is 12.4 Å². The van der Waals surface area contributed by atoms with Gasteiger partial charge in [-0.2, -0.15) is 0 Å². The first-order valence-corrected chi connectivity index (χ1v) is 11.1. The molecule has 33 heavy (non-hydrogen) atoms. The number of hydrogen-bond acceptors (Lipinski definition) is 6. The first-order valence-electron chi connectivity index (χ1n) is 10.4. The first kappa shape index (κ1) is 21.7. The van der Waals surface area contributed by atoms with Crippen LogP contribution in [0.1, 0.15) is 36.0 Å². The fourth-order valence-electron chi connectivity index (χ4n) is 4.43. The quantitative estimate of drug-likeness (QED) is 0.647. The summed E-state index contributed by atoms with van der Waals surface area (Å²) < 4.78 is 5.37. The van der Waals surface area contributed by atoms with Gasteiger partial charge in [0.05, 0.1) is 21.3 Å². The van der Waals surface area contributed by atoms with E-state index in [-0.39, 0.29) is 41.5 Å². The van der Waals surface area contributed by atoms with Crippen LogP contribution in [-0.2, 0) is 19.1 Å². The highest BCUT2D eigenvalue weighted by Crippen LogP contribution is 2.49. The number of fused-ring (bicyclic) bond motifs is 3. The minimum atomic E-state index is -1.61. The van der Waals surface area contributed by atoms with Gasteiger partial charge in [-0.15, -0.1) is 0 Å². The summed E-state index contributed by atoms with van der Waals surface area (Å²) in [5.41, 5.74) is -0.870. The van der Waals surface area contributed by atoms with Crippen molar-refractivity contribution in [3.05, 3.63) is 52.1 Å². The van der Waals surface area contributed by atoms with E-state index in [0.29, 0.717) is 16.3 Å². The second-order valence-corrected chi connectivity index (χ2v) is 8.92. The maximum absolute atomic E-state index is 13.5. The molecular formula is C22H18Cl2N4O5. The zero-order valence-electron chi connectivity index (χ0n) is 17.2. The average molecular weight is 489 g/mol. The summed E-state index contributed by atoms with van der Waals surface area (Å²) in [5.74, 6) is -2.03. The Hall–Kier alpha value is -3.17.